The standard InChI is InChI=1S/C33H23F5/c1-2-3-5-21-8-10-22(11-9-21)24-14-18-27-25(20-24)15-19-29(32(27)35)28-6-4-7-30(34)31(28)23-12-16-26(17-13-23)33(36,37)38/h2,4,6-20H,1,3,5H2. The molecule has 0 amide bonds. The lowest BCUT2D eigenvalue weighted by Crippen LogP contribution is -2.04. The van der Waals surface area contributed by atoms with Crippen molar-refractivity contribution in [2.45, 2.75) is 19.0 Å². The average molecular weight is 515 g/mol. The van der Waals surface area contributed by atoms with Gasteiger partial charge in [-0.1, -0.05) is 78.9 Å². The summed E-state index contributed by atoms with van der Waals surface area (Å²) in [5, 5.41) is 1.06. The molecule has 0 aliphatic heterocycles. The van der Waals surface area contributed by atoms with Crippen LogP contribution in [0.1, 0.15) is 17.5 Å². The first kappa shape index (κ1) is 25.4. The number of alkyl halides is 3. The molecule has 0 bridgehead atoms. The van der Waals surface area contributed by atoms with E-state index >= 15 is 4.39 Å². The fourth-order valence-corrected chi connectivity index (χ4v) is 4.68. The number of allylic oxidation sites excluding steroid dienone is 1. The Kier molecular flexibility index (Phi) is 6.85. The third-order valence-electron chi connectivity index (χ3n) is 6.68. The Morgan fingerprint density at radius 2 is 1.37 bits per heavy atom. The van der Waals surface area contributed by atoms with E-state index in [0.29, 0.717) is 10.8 Å². The molecule has 0 nitrogen and oxygen atoms in total. The summed E-state index contributed by atoms with van der Waals surface area (Å²) in [6, 6.07) is 25.5. The molecule has 5 rings (SSSR count). The number of hydrogen-bond acceptors (Lipinski definition) is 0. The minimum absolute atomic E-state index is 0.0487. The van der Waals surface area contributed by atoms with E-state index in [-0.39, 0.29) is 22.3 Å². The Labute approximate surface area is 217 Å². The Morgan fingerprint density at radius 3 is 2.05 bits per heavy atom. The molecular weight excluding hydrogens is 491 g/mol. The molecule has 0 aromatic heterocycles. The van der Waals surface area contributed by atoms with Crippen LogP contribution in [0.15, 0.2) is 110 Å². The molecule has 0 heterocycles. The quantitative estimate of drug-likeness (QED) is 0.156. The van der Waals surface area contributed by atoms with Gasteiger partial charge in [-0.15, -0.1) is 6.58 Å². The Bertz CT molecular complexity index is 1610. The fourth-order valence-electron chi connectivity index (χ4n) is 4.68. The Hall–Kier alpha value is -4.25. The van der Waals surface area contributed by atoms with Crippen molar-refractivity contribution in [2.24, 2.45) is 0 Å². The maximum absolute atomic E-state index is 15.8. The van der Waals surface area contributed by atoms with Crippen LogP contribution in [0, 0.1) is 11.6 Å². The predicted molar refractivity (Wildman–Crippen MR) is 144 cm³/mol. The summed E-state index contributed by atoms with van der Waals surface area (Å²) >= 11 is 0. The lowest BCUT2D eigenvalue weighted by atomic mass is 9.91. The molecule has 0 unspecified atom stereocenters. The van der Waals surface area contributed by atoms with Gasteiger partial charge in [0.15, 0.2) is 0 Å². The monoisotopic (exact) mass is 514 g/mol. The molecular formula is C33H23F5. The molecule has 5 aromatic carbocycles. The Morgan fingerprint density at radius 1 is 0.684 bits per heavy atom. The average Bonchev–Trinajstić information content (AvgIpc) is 2.92. The number of rotatable bonds is 6. The number of aryl methyl sites for hydroxylation is 1. The smallest absolute Gasteiger partial charge is 0.206 e. The summed E-state index contributed by atoms with van der Waals surface area (Å²) in [4.78, 5) is 0. The van der Waals surface area contributed by atoms with Gasteiger partial charge in [-0.3, -0.25) is 0 Å². The third-order valence-corrected chi connectivity index (χ3v) is 6.68. The van der Waals surface area contributed by atoms with Gasteiger partial charge >= 0.3 is 6.18 Å². The molecule has 5 heteroatoms. The van der Waals surface area contributed by atoms with E-state index in [1.807, 2.05) is 30.3 Å². The maximum Gasteiger partial charge on any atom is 0.416 e. The molecule has 190 valence electrons. The van der Waals surface area contributed by atoms with E-state index in [4.69, 9.17) is 0 Å². The van der Waals surface area contributed by atoms with Crippen molar-refractivity contribution in [1.82, 2.24) is 0 Å². The molecule has 0 radical (unpaired) electrons. The highest BCUT2D eigenvalue weighted by atomic mass is 19.4. The largest absolute Gasteiger partial charge is 0.416 e. The summed E-state index contributed by atoms with van der Waals surface area (Å²) in [5.74, 6) is -1.17. The zero-order valence-electron chi connectivity index (χ0n) is 20.3. The molecule has 0 aliphatic carbocycles. The van der Waals surface area contributed by atoms with Crippen molar-refractivity contribution in [1.29, 1.82) is 0 Å². The normalized spacial score (nSPS) is 11.6. The SMILES string of the molecule is C=CCCc1ccc(-c2ccc3c(F)c(-c4cccc(F)c4-c4ccc(C(F)(F)F)cc4)ccc3c2)cc1. The predicted octanol–water partition coefficient (Wildman–Crippen LogP) is 10.3. The fraction of sp³-hybridized carbons (Fsp3) is 0.0909. The molecule has 0 aliphatic rings. The van der Waals surface area contributed by atoms with Gasteiger partial charge in [-0.2, -0.15) is 13.2 Å². The number of benzene rings is 5. The van der Waals surface area contributed by atoms with Crippen molar-refractivity contribution in [3.05, 3.63) is 132 Å². The van der Waals surface area contributed by atoms with Crippen molar-refractivity contribution >= 4 is 10.8 Å². The number of halogens is 5. The molecule has 38 heavy (non-hydrogen) atoms. The zero-order valence-corrected chi connectivity index (χ0v) is 20.3. The van der Waals surface area contributed by atoms with Crippen molar-refractivity contribution < 1.29 is 22.0 Å². The van der Waals surface area contributed by atoms with Gasteiger partial charge in [0.2, 0.25) is 0 Å². The van der Waals surface area contributed by atoms with Crippen LogP contribution in [0.4, 0.5) is 22.0 Å². The number of hydrogen-bond donors (Lipinski definition) is 0. The highest BCUT2D eigenvalue weighted by Crippen LogP contribution is 2.39. The second-order valence-electron chi connectivity index (χ2n) is 9.12. The van der Waals surface area contributed by atoms with Crippen LogP contribution >= 0.6 is 0 Å². The summed E-state index contributed by atoms with van der Waals surface area (Å²) in [7, 11) is 0. The maximum atomic E-state index is 15.8. The Balaban J connectivity index is 1.54. The van der Waals surface area contributed by atoms with E-state index in [1.165, 1.54) is 29.8 Å². The first-order valence-electron chi connectivity index (χ1n) is 12.2. The zero-order chi connectivity index (χ0) is 26.9. The van der Waals surface area contributed by atoms with Crippen LogP contribution < -0.4 is 0 Å². The first-order chi connectivity index (χ1) is 18.3. The number of fused-ring (bicyclic) bond motifs is 1. The van der Waals surface area contributed by atoms with Gasteiger partial charge < -0.3 is 0 Å². The molecule has 0 spiro atoms. The molecule has 5 aromatic rings. The van der Waals surface area contributed by atoms with Gasteiger partial charge in [0.05, 0.1) is 5.56 Å². The minimum Gasteiger partial charge on any atom is -0.206 e. The van der Waals surface area contributed by atoms with Crippen molar-refractivity contribution in [3.8, 4) is 33.4 Å². The lowest BCUT2D eigenvalue weighted by Gasteiger charge is -2.15. The van der Waals surface area contributed by atoms with Crippen LogP contribution in [-0.2, 0) is 12.6 Å². The first-order valence-corrected chi connectivity index (χ1v) is 12.2. The summed E-state index contributed by atoms with van der Waals surface area (Å²) in [6.45, 7) is 3.75. The molecule has 0 N–H and O–H groups in total. The summed E-state index contributed by atoms with van der Waals surface area (Å²) in [6.07, 6.45) is -0.795. The van der Waals surface area contributed by atoms with E-state index in [1.54, 1.807) is 24.3 Å². The molecule has 0 fully saturated rings. The van der Waals surface area contributed by atoms with Crippen molar-refractivity contribution in [3.63, 3.8) is 0 Å². The van der Waals surface area contributed by atoms with E-state index in [9.17, 15) is 17.6 Å². The summed E-state index contributed by atoms with van der Waals surface area (Å²) < 4.78 is 69.9. The van der Waals surface area contributed by atoms with Gasteiger partial charge in [-0.05, 0) is 70.3 Å². The van der Waals surface area contributed by atoms with Crippen LogP contribution in [0.25, 0.3) is 44.2 Å². The highest BCUT2D eigenvalue weighted by Gasteiger charge is 2.30. The second kappa shape index (κ2) is 10.3. The molecule has 0 saturated heterocycles. The van der Waals surface area contributed by atoms with Gasteiger partial charge in [0.25, 0.3) is 0 Å². The van der Waals surface area contributed by atoms with Crippen LogP contribution in [-0.4, -0.2) is 0 Å². The van der Waals surface area contributed by atoms with E-state index in [0.717, 1.165) is 36.1 Å². The van der Waals surface area contributed by atoms with Gasteiger partial charge in [0, 0.05) is 16.5 Å². The van der Waals surface area contributed by atoms with Crippen LogP contribution in [0.3, 0.4) is 0 Å². The van der Waals surface area contributed by atoms with Crippen molar-refractivity contribution in [2.75, 3.05) is 0 Å². The summed E-state index contributed by atoms with van der Waals surface area (Å²) in [5.41, 5.74) is 3.05. The van der Waals surface area contributed by atoms with Gasteiger partial charge in [-0.25, -0.2) is 8.78 Å². The third kappa shape index (κ3) is 4.97. The highest BCUT2D eigenvalue weighted by molar-refractivity contribution is 5.94. The van der Waals surface area contributed by atoms with Crippen LogP contribution in [0.5, 0.6) is 0 Å². The van der Waals surface area contributed by atoms with Gasteiger partial charge in [0.1, 0.15) is 11.6 Å². The van der Waals surface area contributed by atoms with E-state index < -0.39 is 23.4 Å². The minimum atomic E-state index is -4.51. The molecule has 0 atom stereocenters. The van der Waals surface area contributed by atoms with Crippen LogP contribution in [0.2, 0.25) is 0 Å². The van der Waals surface area contributed by atoms with E-state index in [2.05, 4.69) is 18.7 Å². The second-order valence-corrected chi connectivity index (χ2v) is 9.12. The molecule has 0 saturated carbocycles. The lowest BCUT2D eigenvalue weighted by molar-refractivity contribution is -0.137. The topological polar surface area (TPSA) is 0 Å².